The minimum absolute atomic E-state index is 0.0384. The standard InChI is InChI=1S/C15H15NO3/c17-13-6-9-15(10-7-13)16(14(18)8-11-19-15)12-4-2-1-3-5-12/h1-6,9H,7-8,10-11H2. The van der Waals surface area contributed by atoms with Crippen molar-refractivity contribution in [3.8, 4) is 0 Å². The first-order chi connectivity index (χ1) is 9.21. The second-order valence-electron chi connectivity index (χ2n) is 4.81. The van der Waals surface area contributed by atoms with E-state index in [1.54, 1.807) is 11.0 Å². The van der Waals surface area contributed by atoms with Crippen LogP contribution in [0.5, 0.6) is 0 Å². The number of carbonyl (C=O) groups excluding carboxylic acids is 2. The highest BCUT2D eigenvalue weighted by Gasteiger charge is 2.44. The first kappa shape index (κ1) is 12.1. The van der Waals surface area contributed by atoms with Crippen LogP contribution in [0.15, 0.2) is 42.5 Å². The Morgan fingerprint density at radius 1 is 1.11 bits per heavy atom. The van der Waals surface area contributed by atoms with E-state index in [9.17, 15) is 9.59 Å². The molecule has 4 nitrogen and oxygen atoms in total. The molecule has 1 amide bonds. The lowest BCUT2D eigenvalue weighted by Crippen LogP contribution is -2.57. The molecule has 3 rings (SSSR count). The molecule has 1 spiro atoms. The number of ether oxygens (including phenoxy) is 1. The zero-order valence-corrected chi connectivity index (χ0v) is 10.5. The maximum Gasteiger partial charge on any atom is 0.231 e. The number of rotatable bonds is 1. The third kappa shape index (κ3) is 2.08. The van der Waals surface area contributed by atoms with Crippen molar-refractivity contribution in [3.05, 3.63) is 42.5 Å². The summed E-state index contributed by atoms with van der Waals surface area (Å²) in [5.74, 6) is 0.122. The van der Waals surface area contributed by atoms with Crippen LogP contribution in [0, 0.1) is 0 Å². The van der Waals surface area contributed by atoms with Gasteiger partial charge in [-0.1, -0.05) is 18.2 Å². The van der Waals surface area contributed by atoms with Crippen LogP contribution in [0.1, 0.15) is 19.3 Å². The monoisotopic (exact) mass is 257 g/mol. The molecule has 1 fully saturated rings. The molecule has 1 unspecified atom stereocenters. The summed E-state index contributed by atoms with van der Waals surface area (Å²) in [7, 11) is 0. The van der Waals surface area contributed by atoms with Gasteiger partial charge in [0.2, 0.25) is 5.91 Å². The summed E-state index contributed by atoms with van der Waals surface area (Å²) in [6, 6.07) is 9.47. The number of benzene rings is 1. The number of amides is 1. The van der Waals surface area contributed by atoms with E-state index >= 15 is 0 Å². The fourth-order valence-electron chi connectivity index (χ4n) is 2.64. The van der Waals surface area contributed by atoms with E-state index in [1.807, 2.05) is 30.3 Å². The summed E-state index contributed by atoms with van der Waals surface area (Å²) in [5, 5.41) is 0. The molecule has 19 heavy (non-hydrogen) atoms. The van der Waals surface area contributed by atoms with Gasteiger partial charge < -0.3 is 4.74 Å². The third-order valence-electron chi connectivity index (χ3n) is 3.57. The minimum Gasteiger partial charge on any atom is -0.351 e. The van der Waals surface area contributed by atoms with Gasteiger partial charge in [0.25, 0.3) is 0 Å². The predicted molar refractivity (Wildman–Crippen MR) is 70.6 cm³/mol. The third-order valence-corrected chi connectivity index (χ3v) is 3.57. The highest BCUT2D eigenvalue weighted by molar-refractivity contribution is 5.97. The molecule has 98 valence electrons. The quantitative estimate of drug-likeness (QED) is 0.773. The van der Waals surface area contributed by atoms with Crippen LogP contribution in [-0.2, 0) is 14.3 Å². The van der Waals surface area contributed by atoms with Crippen molar-refractivity contribution in [2.45, 2.75) is 25.0 Å². The molecule has 1 aliphatic carbocycles. The predicted octanol–water partition coefficient (Wildman–Crippen LogP) is 2.06. The minimum atomic E-state index is -0.787. The Morgan fingerprint density at radius 3 is 2.58 bits per heavy atom. The van der Waals surface area contributed by atoms with Gasteiger partial charge in [-0.25, -0.2) is 0 Å². The largest absolute Gasteiger partial charge is 0.351 e. The SMILES string of the molecule is O=C1C=CC2(CC1)OCCC(=O)N2c1ccccc1. The Morgan fingerprint density at radius 2 is 1.89 bits per heavy atom. The Balaban J connectivity index is 2.04. The summed E-state index contributed by atoms with van der Waals surface area (Å²) in [4.78, 5) is 25.3. The van der Waals surface area contributed by atoms with Gasteiger partial charge in [-0.15, -0.1) is 0 Å². The summed E-state index contributed by atoms with van der Waals surface area (Å²) in [6.45, 7) is 0.403. The molecule has 1 heterocycles. The summed E-state index contributed by atoms with van der Waals surface area (Å²) < 4.78 is 5.86. The van der Waals surface area contributed by atoms with Gasteiger partial charge in [0, 0.05) is 18.5 Å². The molecular weight excluding hydrogens is 242 g/mol. The number of ketones is 1. The zero-order valence-electron chi connectivity index (χ0n) is 10.5. The number of hydrogen-bond acceptors (Lipinski definition) is 3. The Hall–Kier alpha value is -1.94. The van der Waals surface area contributed by atoms with Crippen LogP contribution in [0.3, 0.4) is 0 Å². The summed E-state index contributed by atoms with van der Waals surface area (Å²) in [5.41, 5.74) is 0.0242. The van der Waals surface area contributed by atoms with Gasteiger partial charge in [-0.05, 0) is 24.3 Å². The molecule has 1 aromatic carbocycles. The number of hydrogen-bond donors (Lipinski definition) is 0. The van der Waals surface area contributed by atoms with E-state index < -0.39 is 5.72 Å². The molecule has 2 aliphatic rings. The Labute approximate surface area is 111 Å². The highest BCUT2D eigenvalue weighted by Crippen LogP contribution is 2.36. The number of anilines is 1. The number of carbonyl (C=O) groups is 2. The topological polar surface area (TPSA) is 46.6 Å². The molecule has 0 aromatic heterocycles. The van der Waals surface area contributed by atoms with Crippen LogP contribution in [-0.4, -0.2) is 24.0 Å². The van der Waals surface area contributed by atoms with E-state index in [0.29, 0.717) is 25.9 Å². The molecule has 0 saturated carbocycles. The van der Waals surface area contributed by atoms with Gasteiger partial charge in [-0.2, -0.15) is 0 Å². The first-order valence-electron chi connectivity index (χ1n) is 6.45. The van der Waals surface area contributed by atoms with Crippen LogP contribution >= 0.6 is 0 Å². The molecule has 1 saturated heterocycles. The smallest absolute Gasteiger partial charge is 0.231 e. The Bertz CT molecular complexity index is 538. The maximum absolute atomic E-state index is 12.3. The average Bonchev–Trinajstić information content (AvgIpc) is 2.43. The van der Waals surface area contributed by atoms with Gasteiger partial charge >= 0.3 is 0 Å². The molecule has 4 heteroatoms. The van der Waals surface area contributed by atoms with E-state index in [1.165, 1.54) is 6.08 Å². The molecule has 0 radical (unpaired) electrons. The van der Waals surface area contributed by atoms with Crippen molar-refractivity contribution in [1.29, 1.82) is 0 Å². The number of para-hydroxylation sites is 1. The second-order valence-corrected chi connectivity index (χ2v) is 4.81. The van der Waals surface area contributed by atoms with Crippen LogP contribution in [0.2, 0.25) is 0 Å². The zero-order chi connectivity index (χ0) is 13.3. The fraction of sp³-hybridized carbons (Fsp3) is 0.333. The van der Waals surface area contributed by atoms with Crippen molar-refractivity contribution in [2.24, 2.45) is 0 Å². The van der Waals surface area contributed by atoms with Crippen LogP contribution in [0.25, 0.3) is 0 Å². The van der Waals surface area contributed by atoms with E-state index in [2.05, 4.69) is 0 Å². The van der Waals surface area contributed by atoms with Crippen molar-refractivity contribution in [2.75, 3.05) is 11.5 Å². The lowest BCUT2D eigenvalue weighted by molar-refractivity contribution is -0.136. The lowest BCUT2D eigenvalue weighted by Gasteiger charge is -2.45. The molecule has 1 aliphatic heterocycles. The van der Waals surface area contributed by atoms with Gasteiger partial charge in [0.15, 0.2) is 11.5 Å². The van der Waals surface area contributed by atoms with E-state index in [4.69, 9.17) is 4.74 Å². The molecular formula is C15H15NO3. The average molecular weight is 257 g/mol. The lowest BCUT2D eigenvalue weighted by atomic mass is 9.94. The van der Waals surface area contributed by atoms with E-state index in [0.717, 1.165) is 5.69 Å². The van der Waals surface area contributed by atoms with Crippen molar-refractivity contribution < 1.29 is 14.3 Å². The number of allylic oxidation sites excluding steroid dienone is 1. The van der Waals surface area contributed by atoms with Crippen LogP contribution in [0.4, 0.5) is 5.69 Å². The summed E-state index contributed by atoms with van der Waals surface area (Å²) in [6.07, 6.45) is 4.55. The number of nitrogens with zero attached hydrogens (tertiary/aromatic N) is 1. The maximum atomic E-state index is 12.3. The fourth-order valence-corrected chi connectivity index (χ4v) is 2.64. The second kappa shape index (κ2) is 4.63. The van der Waals surface area contributed by atoms with Gasteiger partial charge in [0.1, 0.15) is 0 Å². The van der Waals surface area contributed by atoms with Crippen molar-refractivity contribution in [3.63, 3.8) is 0 Å². The van der Waals surface area contributed by atoms with Crippen molar-refractivity contribution >= 4 is 17.4 Å². The van der Waals surface area contributed by atoms with Gasteiger partial charge in [-0.3, -0.25) is 14.5 Å². The molecule has 0 bridgehead atoms. The first-order valence-corrected chi connectivity index (χ1v) is 6.45. The summed E-state index contributed by atoms with van der Waals surface area (Å²) >= 11 is 0. The Kier molecular flexibility index (Phi) is 2.95. The van der Waals surface area contributed by atoms with Crippen molar-refractivity contribution in [1.82, 2.24) is 0 Å². The highest BCUT2D eigenvalue weighted by atomic mass is 16.5. The molecule has 1 atom stereocenters. The van der Waals surface area contributed by atoms with E-state index in [-0.39, 0.29) is 11.7 Å². The van der Waals surface area contributed by atoms with Gasteiger partial charge in [0.05, 0.1) is 13.0 Å². The molecule has 1 aromatic rings. The van der Waals surface area contributed by atoms with Crippen LogP contribution < -0.4 is 4.90 Å². The molecule has 0 N–H and O–H groups in total. The normalized spacial score (nSPS) is 27.1.